The zero-order chi connectivity index (χ0) is 15.7. The molecule has 3 aromatic rings. The van der Waals surface area contributed by atoms with Gasteiger partial charge in [-0.05, 0) is 6.07 Å². The summed E-state index contributed by atoms with van der Waals surface area (Å²) < 4.78 is 15.7. The first-order chi connectivity index (χ1) is 10.7. The fraction of sp³-hybridized carbons (Fsp3) is 0.125. The number of fused-ring (bicyclic) bond motifs is 1. The summed E-state index contributed by atoms with van der Waals surface area (Å²) in [7, 11) is 3.12. The molecule has 0 radical (unpaired) electrons. The maximum Gasteiger partial charge on any atom is 0.374 e. The van der Waals surface area contributed by atoms with E-state index in [1.807, 2.05) is 24.3 Å². The smallest absolute Gasteiger partial charge is 0.374 e. The summed E-state index contributed by atoms with van der Waals surface area (Å²) >= 11 is 0. The normalized spacial score (nSPS) is 10.6. The SMILES string of the molecule is COc1cc(-c2cc(C(=O)O)on2)c(OC)c2ccccc12. The Morgan fingerprint density at radius 2 is 1.86 bits per heavy atom. The molecule has 3 rings (SSSR count). The Morgan fingerprint density at radius 1 is 1.14 bits per heavy atom. The predicted octanol–water partition coefficient (Wildman–Crippen LogP) is 3.21. The van der Waals surface area contributed by atoms with Crippen molar-refractivity contribution in [3.8, 4) is 22.8 Å². The number of carbonyl (C=O) groups is 1. The van der Waals surface area contributed by atoms with Gasteiger partial charge in [-0.2, -0.15) is 0 Å². The Kier molecular flexibility index (Phi) is 3.42. The fourth-order valence-electron chi connectivity index (χ4n) is 2.40. The lowest BCUT2D eigenvalue weighted by Gasteiger charge is -2.13. The number of carboxylic acid groups (broad SMARTS) is 1. The molecule has 1 heterocycles. The van der Waals surface area contributed by atoms with E-state index < -0.39 is 5.97 Å². The lowest BCUT2D eigenvalue weighted by atomic mass is 10.0. The molecule has 0 aliphatic heterocycles. The van der Waals surface area contributed by atoms with Crippen molar-refractivity contribution in [1.29, 1.82) is 0 Å². The molecule has 0 amide bonds. The van der Waals surface area contributed by atoms with E-state index in [0.717, 1.165) is 10.8 Å². The molecule has 0 bridgehead atoms. The van der Waals surface area contributed by atoms with Crippen LogP contribution in [-0.4, -0.2) is 30.5 Å². The van der Waals surface area contributed by atoms with E-state index in [0.29, 0.717) is 22.8 Å². The van der Waals surface area contributed by atoms with Crippen molar-refractivity contribution >= 4 is 16.7 Å². The summed E-state index contributed by atoms with van der Waals surface area (Å²) in [5.41, 5.74) is 0.979. The van der Waals surface area contributed by atoms with Crippen LogP contribution in [-0.2, 0) is 0 Å². The van der Waals surface area contributed by atoms with Crippen LogP contribution < -0.4 is 9.47 Å². The molecule has 1 aromatic heterocycles. The van der Waals surface area contributed by atoms with Crippen molar-refractivity contribution in [1.82, 2.24) is 5.16 Å². The van der Waals surface area contributed by atoms with Gasteiger partial charge in [0.15, 0.2) is 0 Å². The third-order valence-electron chi connectivity index (χ3n) is 3.38. The number of benzene rings is 2. The fourth-order valence-corrected chi connectivity index (χ4v) is 2.40. The molecule has 2 aromatic carbocycles. The van der Waals surface area contributed by atoms with Gasteiger partial charge in [0.2, 0.25) is 5.76 Å². The molecular weight excluding hydrogens is 286 g/mol. The molecule has 0 saturated heterocycles. The largest absolute Gasteiger partial charge is 0.496 e. The molecular formula is C16H13NO5. The molecule has 0 fully saturated rings. The molecule has 6 nitrogen and oxygen atoms in total. The van der Waals surface area contributed by atoms with E-state index in [4.69, 9.17) is 19.1 Å². The minimum atomic E-state index is -1.18. The molecule has 0 aliphatic rings. The van der Waals surface area contributed by atoms with Gasteiger partial charge in [0.25, 0.3) is 0 Å². The van der Waals surface area contributed by atoms with E-state index in [2.05, 4.69) is 5.16 Å². The molecule has 6 heteroatoms. The lowest BCUT2D eigenvalue weighted by Crippen LogP contribution is -1.94. The van der Waals surface area contributed by atoms with Gasteiger partial charge in [-0.3, -0.25) is 0 Å². The van der Waals surface area contributed by atoms with Crippen LogP contribution in [0.1, 0.15) is 10.6 Å². The molecule has 112 valence electrons. The first kappa shape index (κ1) is 13.9. The highest BCUT2D eigenvalue weighted by Crippen LogP contribution is 2.41. The van der Waals surface area contributed by atoms with Gasteiger partial charge in [-0.15, -0.1) is 0 Å². The van der Waals surface area contributed by atoms with Crippen LogP contribution in [0.2, 0.25) is 0 Å². The summed E-state index contributed by atoms with van der Waals surface area (Å²) in [5, 5.41) is 14.5. The van der Waals surface area contributed by atoms with Gasteiger partial charge in [-0.1, -0.05) is 29.4 Å². The number of carboxylic acids is 1. The summed E-state index contributed by atoms with van der Waals surface area (Å²) in [4.78, 5) is 10.9. The number of methoxy groups -OCH3 is 2. The Morgan fingerprint density at radius 3 is 2.45 bits per heavy atom. The Bertz CT molecular complexity index is 853. The molecule has 0 aliphatic carbocycles. The number of aromatic nitrogens is 1. The van der Waals surface area contributed by atoms with Crippen molar-refractivity contribution in [2.45, 2.75) is 0 Å². The molecule has 0 atom stereocenters. The number of ether oxygens (including phenoxy) is 2. The number of hydrogen-bond donors (Lipinski definition) is 1. The summed E-state index contributed by atoms with van der Waals surface area (Å²) in [6, 6.07) is 10.7. The average molecular weight is 299 g/mol. The minimum absolute atomic E-state index is 0.232. The summed E-state index contributed by atoms with van der Waals surface area (Å²) in [5.74, 6) is -0.178. The predicted molar refractivity (Wildman–Crippen MR) is 79.5 cm³/mol. The highest BCUT2D eigenvalue weighted by molar-refractivity contribution is 5.99. The van der Waals surface area contributed by atoms with E-state index >= 15 is 0 Å². The van der Waals surface area contributed by atoms with Crippen molar-refractivity contribution in [3.05, 3.63) is 42.2 Å². The summed E-state index contributed by atoms with van der Waals surface area (Å²) in [6.07, 6.45) is 0. The van der Waals surface area contributed by atoms with E-state index in [9.17, 15) is 4.79 Å². The number of hydrogen-bond acceptors (Lipinski definition) is 5. The standard InChI is InChI=1S/C16H13NO5/c1-20-13-7-11(12-8-14(16(18)19)22-17-12)15(21-2)10-6-4-3-5-9(10)13/h3-8H,1-2H3,(H,18,19). The zero-order valence-corrected chi connectivity index (χ0v) is 12.0. The van der Waals surface area contributed by atoms with Gasteiger partial charge in [-0.25, -0.2) is 4.79 Å². The topological polar surface area (TPSA) is 81.8 Å². The molecule has 0 spiro atoms. The second-order valence-corrected chi connectivity index (χ2v) is 4.59. The van der Waals surface area contributed by atoms with Crippen LogP contribution in [0.25, 0.3) is 22.0 Å². The zero-order valence-electron chi connectivity index (χ0n) is 12.0. The van der Waals surface area contributed by atoms with E-state index in [1.165, 1.54) is 6.07 Å². The van der Waals surface area contributed by atoms with Crippen LogP contribution in [0.4, 0.5) is 0 Å². The maximum absolute atomic E-state index is 10.9. The highest BCUT2D eigenvalue weighted by Gasteiger charge is 2.19. The van der Waals surface area contributed by atoms with Crippen molar-refractivity contribution in [2.75, 3.05) is 14.2 Å². The van der Waals surface area contributed by atoms with Crippen LogP contribution >= 0.6 is 0 Å². The quantitative estimate of drug-likeness (QED) is 0.796. The lowest BCUT2D eigenvalue weighted by molar-refractivity contribution is 0.0652. The Hall–Kier alpha value is -3.02. The Labute approximate surface area is 125 Å². The van der Waals surface area contributed by atoms with Gasteiger partial charge in [0.1, 0.15) is 17.2 Å². The Balaban J connectivity index is 2.30. The van der Waals surface area contributed by atoms with Crippen LogP contribution in [0.15, 0.2) is 40.9 Å². The number of aromatic carboxylic acids is 1. The van der Waals surface area contributed by atoms with Crippen molar-refractivity contribution < 1.29 is 23.9 Å². The number of nitrogens with zero attached hydrogens (tertiary/aromatic N) is 1. The molecule has 1 N–H and O–H groups in total. The first-order valence-corrected chi connectivity index (χ1v) is 6.49. The number of rotatable bonds is 4. The maximum atomic E-state index is 10.9. The highest BCUT2D eigenvalue weighted by atomic mass is 16.5. The van der Waals surface area contributed by atoms with Crippen molar-refractivity contribution in [3.63, 3.8) is 0 Å². The van der Waals surface area contributed by atoms with Gasteiger partial charge in [0, 0.05) is 16.8 Å². The second-order valence-electron chi connectivity index (χ2n) is 4.59. The monoisotopic (exact) mass is 299 g/mol. The second kappa shape index (κ2) is 5.40. The van der Waals surface area contributed by atoms with Gasteiger partial charge in [0.05, 0.1) is 19.8 Å². The third kappa shape index (κ3) is 2.14. The van der Waals surface area contributed by atoms with Crippen LogP contribution in [0.5, 0.6) is 11.5 Å². The molecule has 0 saturated carbocycles. The third-order valence-corrected chi connectivity index (χ3v) is 3.38. The van der Waals surface area contributed by atoms with Crippen molar-refractivity contribution in [2.24, 2.45) is 0 Å². The average Bonchev–Trinajstić information content (AvgIpc) is 3.03. The molecule has 22 heavy (non-hydrogen) atoms. The minimum Gasteiger partial charge on any atom is -0.496 e. The molecule has 0 unspecified atom stereocenters. The first-order valence-electron chi connectivity index (χ1n) is 6.49. The van der Waals surface area contributed by atoms with Crippen LogP contribution in [0.3, 0.4) is 0 Å². The van der Waals surface area contributed by atoms with Gasteiger partial charge < -0.3 is 19.1 Å². The van der Waals surface area contributed by atoms with Gasteiger partial charge >= 0.3 is 5.97 Å². The van der Waals surface area contributed by atoms with Crippen LogP contribution in [0, 0.1) is 0 Å². The summed E-state index contributed by atoms with van der Waals surface area (Å²) in [6.45, 7) is 0. The van der Waals surface area contributed by atoms with E-state index in [1.54, 1.807) is 20.3 Å². The van der Waals surface area contributed by atoms with E-state index in [-0.39, 0.29) is 5.76 Å².